The number of amides is 1. The number of allylic oxidation sites excluding steroid dienone is 1. The van der Waals surface area contributed by atoms with Gasteiger partial charge in [-0.15, -0.1) is 0 Å². The van der Waals surface area contributed by atoms with Crippen LogP contribution in [0.4, 0.5) is 8.78 Å². The van der Waals surface area contributed by atoms with Crippen molar-refractivity contribution in [2.75, 3.05) is 6.67 Å². The summed E-state index contributed by atoms with van der Waals surface area (Å²) < 4.78 is 24.9. The number of carbonyl (C=O) groups is 1. The number of alkyl halides is 1. The number of hydrogen-bond donors (Lipinski definition) is 1. The molecule has 1 aromatic carbocycles. The maximum Gasteiger partial charge on any atom is 0.244 e. The van der Waals surface area contributed by atoms with E-state index in [2.05, 4.69) is 5.32 Å². The first-order valence-electron chi connectivity index (χ1n) is 4.89. The van der Waals surface area contributed by atoms with Crippen molar-refractivity contribution in [2.45, 2.75) is 13.5 Å². The van der Waals surface area contributed by atoms with Crippen LogP contribution in [-0.4, -0.2) is 12.6 Å². The van der Waals surface area contributed by atoms with E-state index in [-0.39, 0.29) is 12.4 Å². The highest BCUT2D eigenvalue weighted by atomic mass is 19.1. The van der Waals surface area contributed by atoms with Gasteiger partial charge in [0.2, 0.25) is 5.91 Å². The summed E-state index contributed by atoms with van der Waals surface area (Å²) in [5, 5.41) is 2.47. The van der Waals surface area contributed by atoms with E-state index in [1.54, 1.807) is 12.1 Å². The monoisotopic (exact) mass is 225 g/mol. The van der Waals surface area contributed by atoms with Crippen molar-refractivity contribution in [2.24, 2.45) is 0 Å². The van der Waals surface area contributed by atoms with E-state index in [0.29, 0.717) is 5.56 Å². The summed E-state index contributed by atoms with van der Waals surface area (Å²) in [5.74, 6) is -0.793. The van der Waals surface area contributed by atoms with Crippen LogP contribution in [0.25, 0.3) is 0 Å². The van der Waals surface area contributed by atoms with Gasteiger partial charge in [0.1, 0.15) is 12.5 Å². The van der Waals surface area contributed by atoms with Crippen molar-refractivity contribution in [3.05, 3.63) is 47.3 Å². The van der Waals surface area contributed by atoms with Crippen LogP contribution in [0, 0.1) is 12.7 Å². The van der Waals surface area contributed by atoms with Crippen molar-refractivity contribution < 1.29 is 13.6 Å². The van der Waals surface area contributed by atoms with Gasteiger partial charge < -0.3 is 5.32 Å². The topological polar surface area (TPSA) is 29.1 Å². The third-order valence-corrected chi connectivity index (χ3v) is 2.01. The second kappa shape index (κ2) is 6.00. The minimum absolute atomic E-state index is 0.100. The lowest BCUT2D eigenvalue weighted by Crippen LogP contribution is -2.21. The molecule has 1 N–H and O–H groups in total. The molecule has 1 aromatic rings. The van der Waals surface area contributed by atoms with Gasteiger partial charge in [0.05, 0.1) is 0 Å². The van der Waals surface area contributed by atoms with Crippen LogP contribution >= 0.6 is 0 Å². The first-order valence-corrected chi connectivity index (χ1v) is 4.89. The number of hydrogen-bond acceptors (Lipinski definition) is 1. The molecule has 1 amide bonds. The SMILES string of the molecule is Cc1ccc(F)c(CNC(=O)/C=C/CF)c1. The lowest BCUT2D eigenvalue weighted by Gasteiger charge is -2.05. The van der Waals surface area contributed by atoms with Crippen molar-refractivity contribution in [3.63, 3.8) is 0 Å². The Labute approximate surface area is 93.0 Å². The quantitative estimate of drug-likeness (QED) is 0.782. The molecule has 0 aliphatic carbocycles. The summed E-state index contributed by atoms with van der Waals surface area (Å²) in [6.45, 7) is 1.25. The lowest BCUT2D eigenvalue weighted by atomic mass is 10.1. The molecule has 86 valence electrons. The molecule has 0 aliphatic heterocycles. The summed E-state index contributed by atoms with van der Waals surface area (Å²) in [7, 11) is 0. The summed E-state index contributed by atoms with van der Waals surface area (Å²) in [6.07, 6.45) is 2.19. The van der Waals surface area contributed by atoms with Crippen molar-refractivity contribution >= 4 is 5.91 Å². The Bertz CT molecular complexity index is 402. The zero-order valence-electron chi connectivity index (χ0n) is 8.97. The lowest BCUT2D eigenvalue weighted by molar-refractivity contribution is -0.116. The molecular formula is C12H13F2NO. The first-order chi connectivity index (χ1) is 7.63. The van der Waals surface area contributed by atoms with E-state index in [4.69, 9.17) is 0 Å². The van der Waals surface area contributed by atoms with Gasteiger partial charge in [0, 0.05) is 18.2 Å². The molecule has 16 heavy (non-hydrogen) atoms. The summed E-state index contributed by atoms with van der Waals surface area (Å²) in [6, 6.07) is 4.67. The average molecular weight is 225 g/mol. The Morgan fingerprint density at radius 2 is 2.25 bits per heavy atom. The molecule has 0 fully saturated rings. The molecule has 0 radical (unpaired) electrons. The van der Waals surface area contributed by atoms with E-state index < -0.39 is 12.6 Å². The fourth-order valence-electron chi connectivity index (χ4n) is 1.23. The van der Waals surface area contributed by atoms with Crippen LogP contribution in [0.15, 0.2) is 30.4 Å². The Balaban J connectivity index is 2.57. The normalized spacial score (nSPS) is 10.7. The number of benzene rings is 1. The second-order valence-electron chi connectivity index (χ2n) is 3.37. The molecule has 2 nitrogen and oxygen atoms in total. The predicted molar refractivity (Wildman–Crippen MR) is 58.1 cm³/mol. The maximum absolute atomic E-state index is 13.2. The van der Waals surface area contributed by atoms with Gasteiger partial charge in [0.15, 0.2) is 0 Å². The molecule has 0 saturated heterocycles. The van der Waals surface area contributed by atoms with Gasteiger partial charge >= 0.3 is 0 Å². The molecule has 0 heterocycles. The zero-order chi connectivity index (χ0) is 12.0. The molecule has 0 aliphatic rings. The standard InChI is InChI=1S/C12H13F2NO/c1-9-4-5-11(14)10(7-9)8-15-12(16)3-2-6-13/h2-5,7H,6,8H2,1H3,(H,15,16)/b3-2+. The summed E-state index contributed by atoms with van der Waals surface area (Å²) in [4.78, 5) is 11.1. The molecule has 1 rings (SSSR count). The van der Waals surface area contributed by atoms with Gasteiger partial charge in [-0.1, -0.05) is 17.7 Å². The number of carbonyl (C=O) groups excluding carboxylic acids is 1. The minimum atomic E-state index is -0.688. The third kappa shape index (κ3) is 3.81. The molecule has 0 spiro atoms. The second-order valence-corrected chi connectivity index (χ2v) is 3.37. The fraction of sp³-hybridized carbons (Fsp3) is 0.250. The predicted octanol–water partition coefficient (Wildman–Crippen LogP) is 2.28. The molecule has 0 unspecified atom stereocenters. The summed E-state index contributed by atoms with van der Waals surface area (Å²) in [5.41, 5.74) is 1.34. The Morgan fingerprint density at radius 3 is 2.94 bits per heavy atom. The van der Waals surface area contributed by atoms with Crippen LogP contribution in [-0.2, 0) is 11.3 Å². The molecule has 4 heteroatoms. The first kappa shape index (κ1) is 12.4. The number of rotatable bonds is 4. The van der Waals surface area contributed by atoms with Crippen molar-refractivity contribution in [3.8, 4) is 0 Å². The van der Waals surface area contributed by atoms with E-state index in [1.807, 2.05) is 6.92 Å². The average Bonchev–Trinajstić information content (AvgIpc) is 2.27. The summed E-state index contributed by atoms with van der Waals surface area (Å²) >= 11 is 0. The van der Waals surface area contributed by atoms with Gasteiger partial charge in [-0.3, -0.25) is 4.79 Å². The van der Waals surface area contributed by atoms with E-state index in [1.165, 1.54) is 6.07 Å². The van der Waals surface area contributed by atoms with Crippen LogP contribution in [0.5, 0.6) is 0 Å². The van der Waals surface area contributed by atoms with Crippen molar-refractivity contribution in [1.29, 1.82) is 0 Å². The molecule has 0 aromatic heterocycles. The zero-order valence-corrected chi connectivity index (χ0v) is 8.97. The van der Waals surface area contributed by atoms with E-state index in [9.17, 15) is 13.6 Å². The highest BCUT2D eigenvalue weighted by molar-refractivity contribution is 5.87. The Hall–Kier alpha value is -1.71. The van der Waals surface area contributed by atoms with Crippen LogP contribution in [0.3, 0.4) is 0 Å². The van der Waals surface area contributed by atoms with Gasteiger partial charge in [-0.2, -0.15) is 0 Å². The molecule has 0 saturated carbocycles. The fourth-order valence-corrected chi connectivity index (χ4v) is 1.23. The number of nitrogens with one attached hydrogen (secondary N) is 1. The van der Waals surface area contributed by atoms with Gasteiger partial charge in [-0.05, 0) is 19.1 Å². The molecular weight excluding hydrogens is 212 g/mol. The smallest absolute Gasteiger partial charge is 0.244 e. The minimum Gasteiger partial charge on any atom is -0.348 e. The Morgan fingerprint density at radius 1 is 1.50 bits per heavy atom. The Kier molecular flexibility index (Phi) is 4.64. The van der Waals surface area contributed by atoms with Crippen LogP contribution in [0.1, 0.15) is 11.1 Å². The molecule has 0 bridgehead atoms. The van der Waals surface area contributed by atoms with Crippen LogP contribution in [0.2, 0.25) is 0 Å². The number of aryl methyl sites for hydroxylation is 1. The van der Waals surface area contributed by atoms with E-state index in [0.717, 1.165) is 17.7 Å². The number of halogens is 2. The van der Waals surface area contributed by atoms with Gasteiger partial charge in [0.25, 0.3) is 0 Å². The third-order valence-electron chi connectivity index (χ3n) is 2.01. The van der Waals surface area contributed by atoms with Crippen molar-refractivity contribution in [1.82, 2.24) is 5.32 Å². The maximum atomic E-state index is 13.2. The largest absolute Gasteiger partial charge is 0.348 e. The van der Waals surface area contributed by atoms with Gasteiger partial charge in [-0.25, -0.2) is 8.78 Å². The highest BCUT2D eigenvalue weighted by Gasteiger charge is 2.03. The van der Waals surface area contributed by atoms with E-state index >= 15 is 0 Å². The highest BCUT2D eigenvalue weighted by Crippen LogP contribution is 2.09. The molecule has 0 atom stereocenters. The van der Waals surface area contributed by atoms with Crippen LogP contribution < -0.4 is 5.32 Å².